The highest BCUT2D eigenvalue weighted by Crippen LogP contribution is 1.99. The van der Waals surface area contributed by atoms with E-state index in [1.54, 1.807) is 0 Å². The molecule has 0 aliphatic carbocycles. The first-order chi connectivity index (χ1) is 6.37. The fourth-order valence-electron chi connectivity index (χ4n) is 1.00. The Kier molecular flexibility index (Phi) is 5.72. The van der Waals surface area contributed by atoms with E-state index in [4.69, 9.17) is 9.84 Å². The molecule has 4 nitrogen and oxygen atoms in total. The van der Waals surface area contributed by atoms with Crippen LogP contribution < -0.4 is 0 Å². The average molecular weight is 204 g/mol. The van der Waals surface area contributed by atoms with E-state index in [1.165, 1.54) is 0 Å². The van der Waals surface area contributed by atoms with Crippen molar-refractivity contribution in [3.05, 3.63) is 0 Å². The molecule has 0 aromatic rings. The van der Waals surface area contributed by atoms with Crippen LogP contribution in [0.1, 0.15) is 13.8 Å². The number of esters is 1. The molecule has 0 aromatic carbocycles. The number of carbonyl (C=O) groups excluding carboxylic acids is 1. The molecular formula is C10H22NO3+. The van der Waals surface area contributed by atoms with Crippen molar-refractivity contribution in [1.82, 2.24) is 0 Å². The molecule has 0 aromatic heterocycles. The zero-order chi connectivity index (χ0) is 11.2. The van der Waals surface area contributed by atoms with E-state index in [1.807, 2.05) is 27.9 Å². The van der Waals surface area contributed by atoms with E-state index in [9.17, 15) is 4.79 Å². The Labute approximate surface area is 86.1 Å². The lowest BCUT2D eigenvalue weighted by Crippen LogP contribution is -2.46. The van der Waals surface area contributed by atoms with Gasteiger partial charge in [0.2, 0.25) is 0 Å². The van der Waals surface area contributed by atoms with E-state index in [0.717, 1.165) is 0 Å². The molecule has 1 N–H and O–H groups in total. The highest BCUT2D eigenvalue weighted by Gasteiger charge is 2.20. The molecule has 0 saturated heterocycles. The second-order valence-electron chi connectivity index (χ2n) is 4.62. The monoisotopic (exact) mass is 204 g/mol. The lowest BCUT2D eigenvalue weighted by atomic mass is 10.2. The van der Waals surface area contributed by atoms with E-state index < -0.39 is 0 Å². The summed E-state index contributed by atoms with van der Waals surface area (Å²) in [5.74, 6) is 0.171. The number of quaternary nitrogens is 1. The number of aliphatic hydroxyl groups is 1. The summed E-state index contributed by atoms with van der Waals surface area (Å²) < 4.78 is 5.52. The predicted octanol–water partition coefficient (Wildman–Crippen LogP) is 0.254. The molecule has 4 heteroatoms. The van der Waals surface area contributed by atoms with Crippen molar-refractivity contribution < 1.29 is 19.1 Å². The van der Waals surface area contributed by atoms with Crippen LogP contribution in [0.5, 0.6) is 0 Å². The first kappa shape index (κ1) is 13.4. The van der Waals surface area contributed by atoms with Gasteiger partial charge in [-0.15, -0.1) is 0 Å². The second kappa shape index (κ2) is 5.98. The maximum atomic E-state index is 11.3. The Morgan fingerprint density at radius 1 is 1.43 bits per heavy atom. The van der Waals surface area contributed by atoms with Crippen molar-refractivity contribution in [2.45, 2.75) is 13.8 Å². The maximum absolute atomic E-state index is 11.3. The summed E-state index contributed by atoms with van der Waals surface area (Å²) >= 11 is 0. The zero-order valence-corrected chi connectivity index (χ0v) is 9.62. The van der Waals surface area contributed by atoms with Gasteiger partial charge in [0.25, 0.3) is 0 Å². The van der Waals surface area contributed by atoms with Gasteiger partial charge in [-0.25, -0.2) is 4.79 Å². The van der Waals surface area contributed by atoms with Gasteiger partial charge in [-0.05, 0) is 5.92 Å². The number of hydrogen-bond donors (Lipinski definition) is 1. The largest absolute Gasteiger partial charge is 0.461 e. The summed E-state index contributed by atoms with van der Waals surface area (Å²) in [6.07, 6.45) is 0. The normalized spacial score (nSPS) is 11.9. The van der Waals surface area contributed by atoms with Gasteiger partial charge < -0.3 is 14.3 Å². The molecule has 0 radical (unpaired) electrons. The molecule has 0 saturated carbocycles. The maximum Gasteiger partial charge on any atom is 0.361 e. The van der Waals surface area contributed by atoms with Gasteiger partial charge >= 0.3 is 5.97 Å². The van der Waals surface area contributed by atoms with Gasteiger partial charge in [-0.1, -0.05) is 13.8 Å². The van der Waals surface area contributed by atoms with Crippen molar-refractivity contribution in [2.24, 2.45) is 5.92 Å². The highest BCUT2D eigenvalue weighted by atomic mass is 16.5. The van der Waals surface area contributed by atoms with Crippen LogP contribution in [0.25, 0.3) is 0 Å². The minimum Gasteiger partial charge on any atom is -0.461 e. The number of nitrogens with zero attached hydrogens (tertiary/aromatic N) is 1. The van der Waals surface area contributed by atoms with Gasteiger partial charge in [0.1, 0.15) is 6.54 Å². The van der Waals surface area contributed by atoms with Crippen LogP contribution in [0.4, 0.5) is 0 Å². The first-order valence-corrected chi connectivity index (χ1v) is 4.96. The van der Waals surface area contributed by atoms with Gasteiger partial charge in [-0.2, -0.15) is 0 Å². The molecule has 14 heavy (non-hydrogen) atoms. The van der Waals surface area contributed by atoms with Crippen molar-refractivity contribution in [1.29, 1.82) is 0 Å². The third-order valence-electron chi connectivity index (χ3n) is 1.84. The molecular weight excluding hydrogens is 182 g/mol. The second-order valence-corrected chi connectivity index (χ2v) is 4.62. The lowest BCUT2D eigenvalue weighted by Gasteiger charge is -2.27. The lowest BCUT2D eigenvalue weighted by molar-refractivity contribution is -0.883. The number of rotatable bonds is 6. The van der Waals surface area contributed by atoms with Crippen LogP contribution in [0.3, 0.4) is 0 Å². The molecule has 0 aliphatic heterocycles. The van der Waals surface area contributed by atoms with Crippen LogP contribution in [0.15, 0.2) is 0 Å². The van der Waals surface area contributed by atoms with Gasteiger partial charge in [0.05, 0.1) is 27.3 Å². The van der Waals surface area contributed by atoms with Crippen LogP contribution >= 0.6 is 0 Å². The van der Waals surface area contributed by atoms with Crippen LogP contribution in [-0.4, -0.2) is 56.0 Å². The van der Waals surface area contributed by atoms with E-state index in [2.05, 4.69) is 0 Å². The van der Waals surface area contributed by atoms with Gasteiger partial charge in [-0.3, -0.25) is 0 Å². The van der Waals surface area contributed by atoms with Crippen LogP contribution in [-0.2, 0) is 9.53 Å². The van der Waals surface area contributed by atoms with E-state index >= 15 is 0 Å². The molecule has 0 spiro atoms. The van der Waals surface area contributed by atoms with Gasteiger partial charge in [0.15, 0.2) is 6.54 Å². The fourth-order valence-corrected chi connectivity index (χ4v) is 1.00. The minimum atomic E-state index is -0.197. The molecule has 0 heterocycles. The molecule has 0 atom stereocenters. The minimum absolute atomic E-state index is 0.0878. The number of carbonyl (C=O) groups is 1. The summed E-state index contributed by atoms with van der Waals surface area (Å²) in [5.41, 5.74) is 0. The zero-order valence-electron chi connectivity index (χ0n) is 9.62. The fraction of sp³-hybridized carbons (Fsp3) is 0.900. The van der Waals surface area contributed by atoms with Crippen LogP contribution in [0.2, 0.25) is 0 Å². The summed E-state index contributed by atoms with van der Waals surface area (Å²) in [7, 11) is 3.79. The summed E-state index contributed by atoms with van der Waals surface area (Å²) in [4.78, 5) is 11.3. The Morgan fingerprint density at radius 3 is 2.43 bits per heavy atom. The number of hydrogen-bond acceptors (Lipinski definition) is 3. The Hall–Kier alpha value is -0.610. The third-order valence-corrected chi connectivity index (χ3v) is 1.84. The molecule has 0 rings (SSSR count). The highest BCUT2D eigenvalue weighted by molar-refractivity contribution is 5.70. The third kappa shape index (κ3) is 6.86. The van der Waals surface area contributed by atoms with Gasteiger partial charge in [0, 0.05) is 0 Å². The SMILES string of the molecule is CC(C)COC(=O)C[N+](C)(C)CCO. The number of aliphatic hydroxyl groups excluding tert-OH is 1. The van der Waals surface area contributed by atoms with Crippen molar-refractivity contribution in [3.8, 4) is 0 Å². The molecule has 0 unspecified atom stereocenters. The molecule has 0 fully saturated rings. The van der Waals surface area contributed by atoms with Crippen molar-refractivity contribution >= 4 is 5.97 Å². The topological polar surface area (TPSA) is 46.5 Å². The standard InChI is InChI=1S/C10H22NO3/c1-9(2)8-14-10(13)7-11(3,4)5-6-12/h9,12H,5-8H2,1-4H3/q+1. The Balaban J connectivity index is 3.81. The number of ether oxygens (including phenoxy) is 1. The summed E-state index contributed by atoms with van der Waals surface area (Å²) in [6, 6.07) is 0. The predicted molar refractivity (Wildman–Crippen MR) is 54.7 cm³/mol. The van der Waals surface area contributed by atoms with Crippen molar-refractivity contribution in [3.63, 3.8) is 0 Å². The smallest absolute Gasteiger partial charge is 0.361 e. The Bertz CT molecular complexity index is 178. The summed E-state index contributed by atoms with van der Waals surface area (Å²) in [5, 5.41) is 8.77. The molecule has 0 aliphatic rings. The average Bonchev–Trinajstić information content (AvgIpc) is 1.99. The van der Waals surface area contributed by atoms with Crippen LogP contribution in [0, 0.1) is 5.92 Å². The molecule has 0 amide bonds. The summed E-state index contributed by atoms with van der Waals surface area (Å²) in [6.45, 7) is 5.44. The first-order valence-electron chi connectivity index (χ1n) is 4.96. The molecule has 0 bridgehead atoms. The number of likely N-dealkylation sites (N-methyl/N-ethyl adjacent to an activating group) is 1. The Morgan fingerprint density at radius 2 is 2.00 bits per heavy atom. The van der Waals surface area contributed by atoms with E-state index in [0.29, 0.717) is 30.1 Å². The molecule has 84 valence electrons. The van der Waals surface area contributed by atoms with Crippen molar-refractivity contribution in [2.75, 3.05) is 40.4 Å². The van der Waals surface area contributed by atoms with E-state index in [-0.39, 0.29) is 12.6 Å². The quantitative estimate of drug-likeness (QED) is 0.498.